The van der Waals surface area contributed by atoms with E-state index in [-0.39, 0.29) is 36.6 Å². The van der Waals surface area contributed by atoms with Gasteiger partial charge in [-0.1, -0.05) is 0 Å². The fraction of sp³-hybridized carbons (Fsp3) is 1.00. The maximum Gasteiger partial charge on any atom is 0.221 e. The number of nitrogens with one attached hydrogen (secondary N) is 6. The number of primary sulfonamides is 1. The molecule has 1 saturated carbocycles. The predicted octanol–water partition coefficient (Wildman–Crippen LogP) is -3.03. The summed E-state index contributed by atoms with van der Waals surface area (Å²) in [4.78, 5) is 0. The molecule has 6 unspecified atom stereocenters. The minimum atomic E-state index is -3.50. The lowest BCUT2D eigenvalue weighted by Crippen LogP contribution is -2.73. The van der Waals surface area contributed by atoms with E-state index in [1.165, 1.54) is 11.8 Å². The number of nitrogens with two attached hydrogens (primary N) is 2. The second-order valence-corrected chi connectivity index (χ2v) is 14.1. The molecule has 0 radical (unpaired) electrons. The minimum absolute atomic E-state index is 0.0203. The van der Waals surface area contributed by atoms with Gasteiger partial charge in [0.2, 0.25) is 10.0 Å². The van der Waals surface area contributed by atoms with Gasteiger partial charge in [0.05, 0.1) is 24.4 Å². The first-order valence-corrected chi connectivity index (χ1v) is 15.0. The molecule has 5 rings (SSSR count). The molecule has 1 aliphatic carbocycles. The molecule has 4 saturated heterocycles. The van der Waals surface area contributed by atoms with Crippen LogP contribution in [0.4, 0.5) is 0 Å². The van der Waals surface area contributed by atoms with Crippen molar-refractivity contribution in [3.05, 3.63) is 0 Å². The summed E-state index contributed by atoms with van der Waals surface area (Å²) in [5.74, 6) is 0.440. The molecule has 0 bridgehead atoms. The van der Waals surface area contributed by atoms with Gasteiger partial charge in [0.25, 0.3) is 0 Å². The molecule has 196 valence electrons. The first kappa shape index (κ1) is 25.5. The Bertz CT molecular complexity index is 824. The van der Waals surface area contributed by atoms with Crippen LogP contribution in [0.2, 0.25) is 0 Å². The topological polar surface area (TPSA) is 188 Å². The number of aliphatic hydroxyl groups is 1. The van der Waals surface area contributed by atoms with Crippen LogP contribution in [0.1, 0.15) is 38.5 Å². The molecule has 11 N–H and O–H groups in total. The zero-order valence-electron chi connectivity index (χ0n) is 19.4. The lowest BCUT2D eigenvalue weighted by atomic mass is 9.75. The van der Waals surface area contributed by atoms with Gasteiger partial charge in [0, 0.05) is 37.1 Å². The number of sulfonamides is 1. The van der Waals surface area contributed by atoms with Gasteiger partial charge in [-0.05, 0) is 44.4 Å². The fourth-order valence-corrected chi connectivity index (χ4v) is 8.91. The van der Waals surface area contributed by atoms with Gasteiger partial charge in [0.1, 0.15) is 17.1 Å². The highest BCUT2D eigenvalue weighted by Crippen LogP contribution is 2.39. The van der Waals surface area contributed by atoms with Crippen LogP contribution in [0.15, 0.2) is 0 Å². The third-order valence-electron chi connectivity index (χ3n) is 7.99. The summed E-state index contributed by atoms with van der Waals surface area (Å²) in [5, 5.41) is 37.6. The molecule has 5 fully saturated rings. The van der Waals surface area contributed by atoms with Crippen molar-refractivity contribution in [2.45, 2.75) is 90.8 Å². The molecule has 12 nitrogen and oxygen atoms in total. The maximum atomic E-state index is 11.6. The third-order valence-corrected chi connectivity index (χ3v) is 11.4. The quantitative estimate of drug-likeness (QED) is 0.158. The van der Waals surface area contributed by atoms with E-state index in [4.69, 9.17) is 15.6 Å². The lowest BCUT2D eigenvalue weighted by molar-refractivity contribution is -0.126. The van der Waals surface area contributed by atoms with E-state index in [2.05, 4.69) is 31.9 Å². The molecule has 34 heavy (non-hydrogen) atoms. The average Bonchev–Trinajstić information content (AvgIpc) is 3.54. The van der Waals surface area contributed by atoms with Crippen LogP contribution >= 0.6 is 11.8 Å². The Labute approximate surface area is 205 Å². The molecule has 0 aromatic heterocycles. The summed E-state index contributed by atoms with van der Waals surface area (Å²) in [6.07, 6.45) is 4.34. The van der Waals surface area contributed by atoms with Crippen molar-refractivity contribution >= 4 is 21.8 Å². The van der Waals surface area contributed by atoms with Crippen LogP contribution in [0, 0.1) is 5.92 Å². The zero-order valence-corrected chi connectivity index (χ0v) is 21.0. The molecule has 0 aromatic carbocycles. The Morgan fingerprint density at radius 3 is 2.79 bits per heavy atom. The lowest BCUT2D eigenvalue weighted by Gasteiger charge is -2.43. The standard InChI is InChI=1S/C20H40N8O4S2/c21-7-12-5-11-6-20(29,4-3-14(11)26-12)9-32-18-16-17(25-10-24-16)27-19(28-18)23-8-13-1-2-15(33-13)34(22,30)31/h11-19,23-29H,1-10,21H2,(H2,22,30,31)/t11-,12-,13?,14-,15?,16?,17?,18?,19?,20+/m1/s1. The Morgan fingerprint density at radius 1 is 1.18 bits per heavy atom. The molecule has 14 heteroatoms. The highest BCUT2D eigenvalue weighted by atomic mass is 32.3. The summed E-state index contributed by atoms with van der Waals surface area (Å²) in [6.45, 7) is 2.25. The molecule has 0 aromatic rings. The van der Waals surface area contributed by atoms with Crippen LogP contribution in [-0.4, -0.2) is 92.1 Å². The van der Waals surface area contributed by atoms with Crippen LogP contribution in [0.3, 0.4) is 0 Å². The minimum Gasteiger partial charge on any atom is -0.387 e. The second kappa shape index (κ2) is 10.3. The maximum absolute atomic E-state index is 11.6. The average molecular weight is 521 g/mol. The zero-order chi connectivity index (χ0) is 23.9. The normalized spacial score (nSPS) is 47.0. The smallest absolute Gasteiger partial charge is 0.221 e. The van der Waals surface area contributed by atoms with Gasteiger partial charge in [0.15, 0.2) is 0 Å². The van der Waals surface area contributed by atoms with Gasteiger partial charge in [-0.3, -0.25) is 26.6 Å². The number of fused-ring (bicyclic) bond motifs is 2. The fourth-order valence-electron chi connectivity index (χ4n) is 6.19. The molecule has 0 spiro atoms. The van der Waals surface area contributed by atoms with Crippen molar-refractivity contribution in [1.82, 2.24) is 31.9 Å². The summed E-state index contributed by atoms with van der Waals surface area (Å²) in [7, 11) is -3.50. The molecular weight excluding hydrogens is 480 g/mol. The Hall–Kier alpha value is -0.100. The molecule has 4 aliphatic heterocycles. The molecule has 10 atom stereocenters. The van der Waals surface area contributed by atoms with Crippen molar-refractivity contribution < 1.29 is 18.3 Å². The largest absolute Gasteiger partial charge is 0.387 e. The number of rotatable bonds is 8. The van der Waals surface area contributed by atoms with E-state index >= 15 is 0 Å². The SMILES string of the molecule is NC[C@H]1C[C@@H]2C[C@](O)(COC3NC(NCC4CCC(S(N)(=O)=O)S4)NC4NCNC43)CC[C@H]2N1. The molecular formula is C20H40N8O4S2. The summed E-state index contributed by atoms with van der Waals surface area (Å²) < 4.78 is 29.0. The molecule has 5 aliphatic rings. The Kier molecular flexibility index (Phi) is 7.77. The van der Waals surface area contributed by atoms with Crippen LogP contribution in [-0.2, 0) is 14.8 Å². The van der Waals surface area contributed by atoms with Gasteiger partial charge in [-0.25, -0.2) is 13.6 Å². The highest BCUT2D eigenvalue weighted by Gasteiger charge is 2.46. The van der Waals surface area contributed by atoms with Gasteiger partial charge >= 0.3 is 0 Å². The van der Waals surface area contributed by atoms with E-state index in [9.17, 15) is 13.5 Å². The van der Waals surface area contributed by atoms with E-state index in [1.807, 2.05) is 0 Å². The molecule has 0 amide bonds. The number of thioether (sulfide) groups is 1. The third kappa shape index (κ3) is 5.73. The van der Waals surface area contributed by atoms with Crippen LogP contribution < -0.4 is 42.8 Å². The van der Waals surface area contributed by atoms with Crippen molar-refractivity contribution in [2.75, 3.05) is 26.4 Å². The van der Waals surface area contributed by atoms with Crippen molar-refractivity contribution in [2.24, 2.45) is 16.8 Å². The van der Waals surface area contributed by atoms with Gasteiger partial charge in [-0.15, -0.1) is 11.8 Å². The monoisotopic (exact) mass is 520 g/mol. The van der Waals surface area contributed by atoms with E-state index in [0.29, 0.717) is 44.2 Å². The predicted molar refractivity (Wildman–Crippen MR) is 131 cm³/mol. The van der Waals surface area contributed by atoms with E-state index < -0.39 is 20.2 Å². The summed E-state index contributed by atoms with van der Waals surface area (Å²) in [5.41, 5.74) is 5.02. The van der Waals surface area contributed by atoms with E-state index in [0.717, 1.165) is 32.1 Å². The number of hydrogen-bond acceptors (Lipinski definition) is 12. The van der Waals surface area contributed by atoms with Crippen LogP contribution in [0.5, 0.6) is 0 Å². The van der Waals surface area contributed by atoms with Crippen molar-refractivity contribution in [3.8, 4) is 0 Å². The highest BCUT2D eigenvalue weighted by molar-refractivity contribution is 8.13. The van der Waals surface area contributed by atoms with E-state index in [1.54, 1.807) is 0 Å². The molecule has 4 heterocycles. The van der Waals surface area contributed by atoms with Gasteiger partial charge < -0.3 is 20.9 Å². The number of hydrogen-bond donors (Lipinski definition) is 9. The summed E-state index contributed by atoms with van der Waals surface area (Å²) >= 11 is 1.43. The Balaban J connectivity index is 1.13. The number of ether oxygens (including phenoxy) is 1. The van der Waals surface area contributed by atoms with Gasteiger partial charge in [-0.2, -0.15) is 0 Å². The van der Waals surface area contributed by atoms with Crippen molar-refractivity contribution in [3.63, 3.8) is 0 Å². The van der Waals surface area contributed by atoms with Crippen molar-refractivity contribution in [1.29, 1.82) is 0 Å². The first-order valence-electron chi connectivity index (χ1n) is 12.4. The first-order chi connectivity index (χ1) is 16.2. The summed E-state index contributed by atoms with van der Waals surface area (Å²) in [6, 6.07) is 0.830. The second-order valence-electron chi connectivity index (χ2n) is 10.5. The Morgan fingerprint density at radius 2 is 2.03 bits per heavy atom. The van der Waals surface area contributed by atoms with Crippen LogP contribution in [0.25, 0.3) is 0 Å².